The highest BCUT2D eigenvalue weighted by Crippen LogP contribution is 2.16. The second kappa shape index (κ2) is 8.15. The number of carbonyl (C=O) groups is 2. The molecule has 0 bridgehead atoms. The first kappa shape index (κ1) is 17.5. The molecular weight excluding hydrogens is 304 g/mol. The lowest BCUT2D eigenvalue weighted by atomic mass is 10.1. The Morgan fingerprint density at radius 2 is 1.83 bits per heavy atom. The van der Waals surface area contributed by atoms with Crippen molar-refractivity contribution in [2.45, 2.75) is 20.3 Å². The van der Waals surface area contributed by atoms with Crippen molar-refractivity contribution in [3.63, 3.8) is 0 Å². The van der Waals surface area contributed by atoms with Crippen molar-refractivity contribution in [3.8, 4) is 5.75 Å². The molecule has 0 saturated heterocycles. The molecule has 2 rings (SSSR count). The number of nitrogens with one attached hydrogen (secondary N) is 2. The Bertz CT molecular complexity index is 741. The van der Waals surface area contributed by atoms with Gasteiger partial charge in [-0.05, 0) is 55.2 Å². The fourth-order valence-corrected chi connectivity index (χ4v) is 2.28. The van der Waals surface area contributed by atoms with Gasteiger partial charge >= 0.3 is 11.8 Å². The molecule has 0 spiro atoms. The monoisotopic (exact) mass is 326 g/mol. The largest absolute Gasteiger partial charge is 0.497 e. The molecule has 0 fully saturated rings. The average molecular weight is 326 g/mol. The van der Waals surface area contributed by atoms with E-state index in [9.17, 15) is 9.59 Å². The van der Waals surface area contributed by atoms with Gasteiger partial charge in [-0.1, -0.05) is 24.3 Å². The van der Waals surface area contributed by atoms with Gasteiger partial charge in [-0.15, -0.1) is 0 Å². The van der Waals surface area contributed by atoms with Gasteiger partial charge in [0.05, 0.1) is 7.11 Å². The van der Waals surface area contributed by atoms with Crippen molar-refractivity contribution in [2.24, 2.45) is 0 Å². The molecule has 2 aromatic rings. The number of hydrogen-bond donors (Lipinski definition) is 2. The zero-order chi connectivity index (χ0) is 17.5. The minimum absolute atomic E-state index is 0.381. The zero-order valence-corrected chi connectivity index (χ0v) is 14.2. The number of anilines is 1. The summed E-state index contributed by atoms with van der Waals surface area (Å²) in [5.41, 5.74) is 3.62. The van der Waals surface area contributed by atoms with E-state index in [4.69, 9.17) is 4.74 Å². The molecule has 5 heteroatoms. The summed E-state index contributed by atoms with van der Waals surface area (Å²) in [6, 6.07) is 13.3. The first-order valence-electron chi connectivity index (χ1n) is 7.79. The number of rotatable bonds is 5. The van der Waals surface area contributed by atoms with Crippen LogP contribution in [0.2, 0.25) is 0 Å². The third-order valence-electron chi connectivity index (χ3n) is 3.68. The molecule has 2 N–H and O–H groups in total. The first-order valence-corrected chi connectivity index (χ1v) is 7.79. The molecule has 2 aromatic carbocycles. The smallest absolute Gasteiger partial charge is 0.313 e. The molecule has 0 aliphatic carbocycles. The Morgan fingerprint density at radius 1 is 1.04 bits per heavy atom. The third-order valence-corrected chi connectivity index (χ3v) is 3.68. The lowest BCUT2D eigenvalue weighted by Gasteiger charge is -2.10. The molecule has 0 heterocycles. The van der Waals surface area contributed by atoms with Gasteiger partial charge in [-0.3, -0.25) is 9.59 Å². The second-order valence-corrected chi connectivity index (χ2v) is 5.63. The summed E-state index contributed by atoms with van der Waals surface area (Å²) in [4.78, 5) is 23.9. The summed E-state index contributed by atoms with van der Waals surface area (Å²) in [5.74, 6) is -0.528. The van der Waals surface area contributed by atoms with E-state index in [2.05, 4.69) is 10.6 Å². The van der Waals surface area contributed by atoms with Crippen LogP contribution in [0.15, 0.2) is 42.5 Å². The van der Waals surface area contributed by atoms with Crippen LogP contribution in [0, 0.1) is 13.8 Å². The normalized spacial score (nSPS) is 10.1. The van der Waals surface area contributed by atoms with E-state index in [0.717, 1.165) is 22.4 Å². The van der Waals surface area contributed by atoms with Crippen LogP contribution in [0.1, 0.15) is 16.7 Å². The average Bonchev–Trinajstić information content (AvgIpc) is 2.58. The number of ether oxygens (including phenoxy) is 1. The molecule has 0 aliphatic heterocycles. The molecule has 0 aromatic heterocycles. The van der Waals surface area contributed by atoms with E-state index in [1.165, 1.54) is 0 Å². The number of benzene rings is 2. The Morgan fingerprint density at radius 3 is 2.58 bits per heavy atom. The van der Waals surface area contributed by atoms with Crippen molar-refractivity contribution < 1.29 is 14.3 Å². The van der Waals surface area contributed by atoms with Crippen molar-refractivity contribution >= 4 is 17.5 Å². The van der Waals surface area contributed by atoms with E-state index in [1.807, 2.05) is 56.3 Å². The van der Waals surface area contributed by atoms with E-state index in [0.29, 0.717) is 18.7 Å². The number of aryl methyl sites for hydroxylation is 2. The lowest BCUT2D eigenvalue weighted by molar-refractivity contribution is -0.136. The highest BCUT2D eigenvalue weighted by Gasteiger charge is 2.14. The van der Waals surface area contributed by atoms with Gasteiger partial charge in [0.15, 0.2) is 0 Å². The standard InChI is InChI=1S/C19H22N2O3/c1-13-7-8-14(2)17(11-13)21-19(23)18(22)20-10-9-15-5-4-6-16(12-15)24-3/h4-8,11-12H,9-10H2,1-3H3,(H,20,22)(H,21,23). The summed E-state index contributed by atoms with van der Waals surface area (Å²) < 4.78 is 5.16. The van der Waals surface area contributed by atoms with Gasteiger partial charge in [0, 0.05) is 12.2 Å². The zero-order valence-electron chi connectivity index (χ0n) is 14.2. The molecular formula is C19H22N2O3. The van der Waals surface area contributed by atoms with Crippen LogP contribution >= 0.6 is 0 Å². The molecule has 0 radical (unpaired) electrons. The molecule has 0 atom stereocenters. The van der Waals surface area contributed by atoms with Crippen molar-refractivity contribution in [1.29, 1.82) is 0 Å². The van der Waals surface area contributed by atoms with Gasteiger partial charge in [0.1, 0.15) is 5.75 Å². The van der Waals surface area contributed by atoms with Crippen molar-refractivity contribution in [1.82, 2.24) is 5.32 Å². The summed E-state index contributed by atoms with van der Waals surface area (Å²) in [6.07, 6.45) is 0.625. The van der Waals surface area contributed by atoms with E-state index < -0.39 is 11.8 Å². The fourth-order valence-electron chi connectivity index (χ4n) is 2.28. The van der Waals surface area contributed by atoms with Crippen LogP contribution in [0.5, 0.6) is 5.75 Å². The number of methoxy groups -OCH3 is 1. The van der Waals surface area contributed by atoms with Crippen LogP contribution in [0.25, 0.3) is 0 Å². The minimum atomic E-state index is -0.658. The quantitative estimate of drug-likeness (QED) is 0.830. The van der Waals surface area contributed by atoms with Gasteiger partial charge in [-0.2, -0.15) is 0 Å². The predicted molar refractivity (Wildman–Crippen MR) is 94.3 cm³/mol. The maximum Gasteiger partial charge on any atom is 0.313 e. The molecule has 126 valence electrons. The van der Waals surface area contributed by atoms with Crippen LogP contribution in [-0.4, -0.2) is 25.5 Å². The molecule has 0 unspecified atom stereocenters. The maximum absolute atomic E-state index is 12.0. The van der Waals surface area contributed by atoms with E-state index >= 15 is 0 Å². The van der Waals surface area contributed by atoms with Crippen LogP contribution < -0.4 is 15.4 Å². The number of carbonyl (C=O) groups excluding carboxylic acids is 2. The number of hydrogen-bond acceptors (Lipinski definition) is 3. The summed E-state index contributed by atoms with van der Waals surface area (Å²) in [6.45, 7) is 4.20. The highest BCUT2D eigenvalue weighted by atomic mass is 16.5. The molecule has 5 nitrogen and oxygen atoms in total. The van der Waals surface area contributed by atoms with E-state index in [-0.39, 0.29) is 0 Å². The molecule has 0 saturated carbocycles. The molecule has 0 aliphatic rings. The van der Waals surface area contributed by atoms with E-state index in [1.54, 1.807) is 7.11 Å². The number of amides is 2. The SMILES string of the molecule is COc1cccc(CCNC(=O)C(=O)Nc2cc(C)ccc2C)c1. The van der Waals surface area contributed by atoms with Crippen molar-refractivity contribution in [2.75, 3.05) is 19.0 Å². The Hall–Kier alpha value is -2.82. The van der Waals surface area contributed by atoms with Crippen LogP contribution in [0.4, 0.5) is 5.69 Å². The van der Waals surface area contributed by atoms with Crippen LogP contribution in [0.3, 0.4) is 0 Å². The summed E-state index contributed by atoms with van der Waals surface area (Å²) in [7, 11) is 1.61. The Balaban J connectivity index is 1.85. The Labute approximate surface area is 142 Å². The van der Waals surface area contributed by atoms with Gasteiger partial charge < -0.3 is 15.4 Å². The van der Waals surface area contributed by atoms with Crippen molar-refractivity contribution in [3.05, 3.63) is 59.2 Å². The highest BCUT2D eigenvalue weighted by molar-refractivity contribution is 6.39. The second-order valence-electron chi connectivity index (χ2n) is 5.63. The summed E-state index contributed by atoms with van der Waals surface area (Å²) in [5, 5.41) is 5.28. The summed E-state index contributed by atoms with van der Waals surface area (Å²) >= 11 is 0. The minimum Gasteiger partial charge on any atom is -0.497 e. The van der Waals surface area contributed by atoms with Gasteiger partial charge in [0.25, 0.3) is 0 Å². The molecule has 24 heavy (non-hydrogen) atoms. The van der Waals surface area contributed by atoms with Gasteiger partial charge in [0.2, 0.25) is 0 Å². The topological polar surface area (TPSA) is 67.4 Å². The van der Waals surface area contributed by atoms with Gasteiger partial charge in [-0.25, -0.2) is 0 Å². The third kappa shape index (κ3) is 4.84. The first-order chi connectivity index (χ1) is 11.5. The maximum atomic E-state index is 12.0. The van der Waals surface area contributed by atoms with Crippen LogP contribution in [-0.2, 0) is 16.0 Å². The Kier molecular flexibility index (Phi) is 5.95. The molecule has 2 amide bonds. The lowest BCUT2D eigenvalue weighted by Crippen LogP contribution is -2.36. The fraction of sp³-hybridized carbons (Fsp3) is 0.263. The predicted octanol–water partition coefficient (Wildman–Crippen LogP) is 2.61.